The van der Waals surface area contributed by atoms with Crippen LogP contribution in [0.5, 0.6) is 0 Å². The lowest BCUT2D eigenvalue weighted by Crippen LogP contribution is -2.38. The van der Waals surface area contributed by atoms with Crippen LogP contribution < -0.4 is 5.32 Å². The van der Waals surface area contributed by atoms with Crippen molar-refractivity contribution in [3.63, 3.8) is 0 Å². The number of anilines is 1. The van der Waals surface area contributed by atoms with Gasteiger partial charge in [0.15, 0.2) is 0 Å². The highest BCUT2D eigenvalue weighted by atomic mass is 16.2. The Balaban J connectivity index is 1.61. The molecule has 196 valence electrons. The molecule has 0 aliphatic carbocycles. The minimum absolute atomic E-state index is 0.0448. The van der Waals surface area contributed by atoms with Gasteiger partial charge in [0.25, 0.3) is 0 Å². The molecule has 4 rings (SSSR count). The van der Waals surface area contributed by atoms with Crippen LogP contribution in [0.4, 0.5) is 5.95 Å². The Morgan fingerprint density at radius 1 is 0.868 bits per heavy atom. The summed E-state index contributed by atoms with van der Waals surface area (Å²) in [6, 6.07) is 27.9. The van der Waals surface area contributed by atoms with Crippen molar-refractivity contribution in [3.05, 3.63) is 102 Å². The molecule has 6 heteroatoms. The predicted octanol–water partition coefficient (Wildman–Crippen LogP) is 6.68. The first-order valence-electron chi connectivity index (χ1n) is 13.2. The molecule has 0 atom stereocenters. The van der Waals surface area contributed by atoms with Gasteiger partial charge in [-0.25, -0.2) is 4.98 Å². The molecule has 0 fully saturated rings. The van der Waals surface area contributed by atoms with E-state index in [4.69, 9.17) is 4.98 Å². The van der Waals surface area contributed by atoms with E-state index in [1.54, 1.807) is 4.90 Å². The highest BCUT2D eigenvalue weighted by Gasteiger charge is 2.21. The number of carbonyl (C=O) groups is 2. The largest absolute Gasteiger partial charge is 0.329 e. The van der Waals surface area contributed by atoms with Gasteiger partial charge in [0.1, 0.15) is 6.54 Å². The summed E-state index contributed by atoms with van der Waals surface area (Å²) in [6.07, 6.45) is 2.32. The number of amides is 2. The molecule has 38 heavy (non-hydrogen) atoms. The Morgan fingerprint density at radius 3 is 2.11 bits per heavy atom. The van der Waals surface area contributed by atoms with Crippen LogP contribution in [0.15, 0.2) is 91.1 Å². The molecule has 2 amide bonds. The summed E-state index contributed by atoms with van der Waals surface area (Å²) in [5.41, 5.74) is 4.83. The van der Waals surface area contributed by atoms with Gasteiger partial charge < -0.3 is 4.90 Å². The van der Waals surface area contributed by atoms with Crippen LogP contribution in [0, 0.1) is 5.92 Å². The van der Waals surface area contributed by atoms with Gasteiger partial charge in [0, 0.05) is 30.4 Å². The fraction of sp³-hybridized carbons (Fsp3) is 0.281. The molecule has 0 bridgehead atoms. The third-order valence-corrected chi connectivity index (χ3v) is 6.35. The van der Waals surface area contributed by atoms with E-state index in [1.807, 2.05) is 97.4 Å². The minimum atomic E-state index is -0.289. The predicted molar refractivity (Wildman–Crippen MR) is 153 cm³/mol. The summed E-state index contributed by atoms with van der Waals surface area (Å²) in [5, 5.41) is 2.98. The van der Waals surface area contributed by atoms with Gasteiger partial charge >= 0.3 is 0 Å². The average molecular weight is 509 g/mol. The number of rotatable bonds is 10. The van der Waals surface area contributed by atoms with Crippen LogP contribution >= 0.6 is 0 Å². The van der Waals surface area contributed by atoms with Gasteiger partial charge in [-0.3, -0.25) is 19.5 Å². The minimum Gasteiger partial charge on any atom is -0.329 e. The molecule has 0 aliphatic rings. The van der Waals surface area contributed by atoms with E-state index in [-0.39, 0.29) is 24.3 Å². The maximum Gasteiger partial charge on any atom is 0.246 e. The third-order valence-electron chi connectivity index (χ3n) is 6.35. The number of nitrogens with one attached hydrogen (secondary N) is 1. The van der Waals surface area contributed by atoms with Gasteiger partial charge in [0.2, 0.25) is 17.8 Å². The van der Waals surface area contributed by atoms with E-state index in [2.05, 4.69) is 31.3 Å². The first-order chi connectivity index (χ1) is 18.3. The highest BCUT2D eigenvalue weighted by Crippen LogP contribution is 2.25. The SMILES string of the molecule is CC(C)CC(=O)N(CC(=O)Nc1nc(-c2ccccc2)cn1-c1ccc(C(C)C)cc1)Cc1ccccc1. The molecule has 0 radical (unpaired) electrons. The van der Waals surface area contributed by atoms with Crippen molar-refractivity contribution >= 4 is 17.8 Å². The molecule has 0 saturated carbocycles. The van der Waals surface area contributed by atoms with Crippen molar-refractivity contribution in [2.75, 3.05) is 11.9 Å². The van der Waals surface area contributed by atoms with Gasteiger partial charge in [0.05, 0.1) is 5.69 Å². The second kappa shape index (κ2) is 12.4. The zero-order valence-electron chi connectivity index (χ0n) is 22.6. The van der Waals surface area contributed by atoms with Crippen molar-refractivity contribution in [3.8, 4) is 16.9 Å². The zero-order chi connectivity index (χ0) is 27.1. The first kappa shape index (κ1) is 26.9. The van der Waals surface area contributed by atoms with E-state index >= 15 is 0 Å². The third kappa shape index (κ3) is 6.97. The molecular weight excluding hydrogens is 472 g/mol. The van der Waals surface area contributed by atoms with E-state index in [9.17, 15) is 9.59 Å². The molecule has 1 N–H and O–H groups in total. The molecule has 1 heterocycles. The van der Waals surface area contributed by atoms with Crippen LogP contribution in [0.2, 0.25) is 0 Å². The number of hydrogen-bond donors (Lipinski definition) is 1. The van der Waals surface area contributed by atoms with Gasteiger partial charge in [-0.1, -0.05) is 100 Å². The van der Waals surface area contributed by atoms with Crippen molar-refractivity contribution in [1.29, 1.82) is 0 Å². The number of nitrogens with zero attached hydrogens (tertiary/aromatic N) is 3. The Labute approximate surface area is 225 Å². The van der Waals surface area contributed by atoms with Crippen molar-refractivity contribution in [2.45, 2.75) is 46.6 Å². The van der Waals surface area contributed by atoms with Crippen molar-refractivity contribution < 1.29 is 9.59 Å². The molecule has 0 spiro atoms. The second-order valence-electron chi connectivity index (χ2n) is 10.3. The zero-order valence-corrected chi connectivity index (χ0v) is 22.6. The summed E-state index contributed by atoms with van der Waals surface area (Å²) >= 11 is 0. The smallest absolute Gasteiger partial charge is 0.246 e. The van der Waals surface area contributed by atoms with Gasteiger partial charge in [-0.2, -0.15) is 0 Å². The summed E-state index contributed by atoms with van der Waals surface area (Å²) in [7, 11) is 0. The molecular formula is C32H36N4O2. The number of imidazole rings is 1. The monoisotopic (exact) mass is 508 g/mol. The lowest BCUT2D eigenvalue weighted by molar-refractivity contribution is -0.136. The Kier molecular flexibility index (Phi) is 8.74. The molecule has 4 aromatic rings. The summed E-state index contributed by atoms with van der Waals surface area (Å²) in [4.78, 5) is 32.7. The number of benzene rings is 3. The van der Waals surface area contributed by atoms with E-state index in [1.165, 1.54) is 5.56 Å². The lowest BCUT2D eigenvalue weighted by Gasteiger charge is -2.23. The van der Waals surface area contributed by atoms with E-state index < -0.39 is 0 Å². The molecule has 6 nitrogen and oxygen atoms in total. The average Bonchev–Trinajstić information content (AvgIpc) is 3.32. The molecule has 0 saturated heterocycles. The van der Waals surface area contributed by atoms with Gasteiger partial charge in [-0.15, -0.1) is 0 Å². The van der Waals surface area contributed by atoms with Crippen LogP contribution in [-0.2, 0) is 16.1 Å². The topological polar surface area (TPSA) is 67.2 Å². The fourth-order valence-corrected chi connectivity index (χ4v) is 4.29. The van der Waals surface area contributed by atoms with Crippen LogP contribution in [0.3, 0.4) is 0 Å². The van der Waals surface area contributed by atoms with Crippen molar-refractivity contribution in [1.82, 2.24) is 14.5 Å². The van der Waals surface area contributed by atoms with E-state index in [0.29, 0.717) is 24.8 Å². The Hall–Kier alpha value is -4.19. The number of carbonyl (C=O) groups excluding carboxylic acids is 2. The Morgan fingerprint density at radius 2 is 1.50 bits per heavy atom. The number of hydrogen-bond acceptors (Lipinski definition) is 3. The van der Waals surface area contributed by atoms with Crippen molar-refractivity contribution in [2.24, 2.45) is 5.92 Å². The standard InChI is InChI=1S/C32H36N4O2/c1-23(2)19-31(38)35(20-25-11-7-5-8-12-25)22-30(37)34-32-33-29(27-13-9-6-10-14-27)21-36(32)28-17-15-26(16-18-28)24(3)4/h5-18,21,23-24H,19-20,22H2,1-4H3,(H,33,34,37). The quantitative estimate of drug-likeness (QED) is 0.260. The first-order valence-corrected chi connectivity index (χ1v) is 13.2. The maximum atomic E-state index is 13.3. The molecule has 0 aliphatic heterocycles. The maximum absolute atomic E-state index is 13.3. The molecule has 0 unspecified atom stereocenters. The molecule has 3 aromatic carbocycles. The summed E-state index contributed by atoms with van der Waals surface area (Å²) in [5.74, 6) is 0.705. The Bertz CT molecular complexity index is 1340. The fourth-order valence-electron chi connectivity index (χ4n) is 4.29. The highest BCUT2D eigenvalue weighted by molar-refractivity contribution is 5.94. The van der Waals surface area contributed by atoms with Crippen LogP contribution in [0.25, 0.3) is 16.9 Å². The summed E-state index contributed by atoms with van der Waals surface area (Å²) < 4.78 is 1.89. The number of aromatic nitrogens is 2. The van der Waals surface area contributed by atoms with Crippen LogP contribution in [-0.4, -0.2) is 32.8 Å². The van der Waals surface area contributed by atoms with Gasteiger partial charge in [-0.05, 0) is 35.1 Å². The molecule has 1 aromatic heterocycles. The van der Waals surface area contributed by atoms with E-state index in [0.717, 1.165) is 22.5 Å². The lowest BCUT2D eigenvalue weighted by atomic mass is 10.0. The summed E-state index contributed by atoms with van der Waals surface area (Å²) in [6.45, 7) is 8.65. The second-order valence-corrected chi connectivity index (χ2v) is 10.3. The van der Waals surface area contributed by atoms with Crippen LogP contribution in [0.1, 0.15) is 51.2 Å². The normalized spacial score (nSPS) is 11.1.